The van der Waals surface area contributed by atoms with Gasteiger partial charge in [0, 0.05) is 12.2 Å². The number of anilines is 1. The van der Waals surface area contributed by atoms with Crippen molar-refractivity contribution in [3.05, 3.63) is 54.6 Å². The van der Waals surface area contributed by atoms with Crippen LogP contribution >= 0.6 is 0 Å². The molecule has 0 spiro atoms. The van der Waals surface area contributed by atoms with Gasteiger partial charge in [-0.05, 0) is 56.7 Å². The van der Waals surface area contributed by atoms with Crippen LogP contribution in [0.5, 0.6) is 0 Å². The lowest BCUT2D eigenvalue weighted by Gasteiger charge is -2.06. The summed E-state index contributed by atoms with van der Waals surface area (Å²) in [7, 11) is 0. The number of carboxylic acids is 1. The molecule has 0 saturated heterocycles. The highest BCUT2D eigenvalue weighted by Gasteiger charge is 2.02. The highest BCUT2D eigenvalue weighted by atomic mass is 16.4. The van der Waals surface area contributed by atoms with Crippen molar-refractivity contribution >= 4 is 11.7 Å². The lowest BCUT2D eigenvalue weighted by molar-refractivity contribution is 0.0697. The first kappa shape index (κ1) is 21.0. The molecule has 1 rings (SSSR count). The van der Waals surface area contributed by atoms with Crippen molar-refractivity contribution in [2.45, 2.75) is 64.2 Å². The molecule has 0 heterocycles. The summed E-state index contributed by atoms with van der Waals surface area (Å²) >= 11 is 0. The minimum atomic E-state index is -0.886. The molecule has 138 valence electrons. The number of benzene rings is 1. The van der Waals surface area contributed by atoms with Gasteiger partial charge >= 0.3 is 5.97 Å². The maximum Gasteiger partial charge on any atom is 0.335 e. The number of nitrogens with one attached hydrogen (secondary N) is 1. The van der Waals surface area contributed by atoms with Gasteiger partial charge in [-0.3, -0.25) is 0 Å². The van der Waals surface area contributed by atoms with E-state index in [2.05, 4.69) is 24.0 Å². The highest BCUT2D eigenvalue weighted by Crippen LogP contribution is 2.11. The Balaban J connectivity index is 1.96. The van der Waals surface area contributed by atoms with Crippen molar-refractivity contribution in [2.75, 3.05) is 11.9 Å². The number of unbranched alkanes of at least 4 members (excludes halogenated alkanes) is 8. The molecule has 2 N–H and O–H groups in total. The molecule has 0 aliphatic carbocycles. The second kappa shape index (κ2) is 14.3. The third-order valence-electron chi connectivity index (χ3n) is 4.18. The van der Waals surface area contributed by atoms with E-state index in [4.69, 9.17) is 5.11 Å². The molecule has 0 amide bonds. The Labute approximate surface area is 152 Å². The Morgan fingerprint density at radius 1 is 0.960 bits per heavy atom. The summed E-state index contributed by atoms with van der Waals surface area (Å²) in [5, 5.41) is 12.2. The summed E-state index contributed by atoms with van der Waals surface area (Å²) in [6.45, 7) is 4.61. The molecule has 0 aromatic heterocycles. The van der Waals surface area contributed by atoms with Crippen LogP contribution in [0.4, 0.5) is 5.69 Å². The second-order valence-electron chi connectivity index (χ2n) is 6.41. The fourth-order valence-corrected chi connectivity index (χ4v) is 2.71. The predicted octanol–water partition coefficient (Wildman–Crippen LogP) is 6.44. The first-order valence-electron chi connectivity index (χ1n) is 9.57. The molecule has 0 aliphatic rings. The Morgan fingerprint density at radius 3 is 2.28 bits per heavy atom. The first-order valence-corrected chi connectivity index (χ1v) is 9.57. The van der Waals surface area contributed by atoms with E-state index in [1.54, 1.807) is 18.2 Å². The summed E-state index contributed by atoms with van der Waals surface area (Å²) in [4.78, 5) is 10.9. The summed E-state index contributed by atoms with van der Waals surface area (Å²) in [6, 6.07) is 6.96. The number of carbonyl (C=O) groups is 1. The number of allylic oxidation sites excluding steroid dienone is 3. The van der Waals surface area contributed by atoms with Crippen LogP contribution < -0.4 is 5.32 Å². The van der Waals surface area contributed by atoms with Gasteiger partial charge in [0.25, 0.3) is 0 Å². The molecule has 0 aliphatic heterocycles. The molecule has 0 atom stereocenters. The Bertz CT molecular complexity index is 523. The lowest BCUT2D eigenvalue weighted by Crippen LogP contribution is -2.03. The van der Waals surface area contributed by atoms with Crippen LogP contribution in [0, 0.1) is 0 Å². The van der Waals surface area contributed by atoms with E-state index >= 15 is 0 Å². The number of hydrogen-bond donors (Lipinski definition) is 2. The average molecular weight is 344 g/mol. The van der Waals surface area contributed by atoms with E-state index in [1.807, 2.05) is 12.1 Å². The number of carboxylic acid groups (broad SMARTS) is 1. The van der Waals surface area contributed by atoms with Gasteiger partial charge in [-0.1, -0.05) is 50.0 Å². The third kappa shape index (κ3) is 11.2. The lowest BCUT2D eigenvalue weighted by atomic mass is 10.1. The molecule has 1 aromatic carbocycles. The highest BCUT2D eigenvalue weighted by molar-refractivity contribution is 5.88. The molecular weight excluding hydrogens is 310 g/mol. The zero-order valence-corrected chi connectivity index (χ0v) is 15.4. The smallest absolute Gasteiger partial charge is 0.335 e. The molecule has 0 saturated carbocycles. The summed E-state index contributed by atoms with van der Waals surface area (Å²) < 4.78 is 0. The normalized spacial score (nSPS) is 10.9. The minimum Gasteiger partial charge on any atom is -0.478 e. The number of aromatic carboxylic acids is 1. The monoisotopic (exact) mass is 343 g/mol. The predicted molar refractivity (Wildman–Crippen MR) is 107 cm³/mol. The van der Waals surface area contributed by atoms with Crippen molar-refractivity contribution in [3.8, 4) is 0 Å². The maximum absolute atomic E-state index is 10.9. The van der Waals surface area contributed by atoms with Crippen molar-refractivity contribution in [3.63, 3.8) is 0 Å². The van der Waals surface area contributed by atoms with Gasteiger partial charge in [-0.25, -0.2) is 4.79 Å². The van der Waals surface area contributed by atoms with E-state index in [-0.39, 0.29) is 0 Å². The first-order chi connectivity index (χ1) is 12.2. The quantitative estimate of drug-likeness (QED) is 0.284. The zero-order valence-electron chi connectivity index (χ0n) is 15.4. The van der Waals surface area contributed by atoms with Crippen LogP contribution in [0.15, 0.2) is 49.1 Å². The van der Waals surface area contributed by atoms with Gasteiger partial charge < -0.3 is 10.4 Å². The molecular formula is C22H33NO2. The standard InChI is InChI=1S/C22H33NO2/c1-2-3-4-5-6-7-8-9-10-11-12-13-14-18-23-21-17-15-16-20(19-21)22(24)25/h2,11-12,15-17,19,23H,1,3-10,13-14,18H2,(H,24,25)/b12-11+. The number of rotatable bonds is 15. The second-order valence-corrected chi connectivity index (χ2v) is 6.41. The number of hydrogen-bond acceptors (Lipinski definition) is 2. The van der Waals surface area contributed by atoms with E-state index in [9.17, 15) is 4.79 Å². The van der Waals surface area contributed by atoms with Crippen LogP contribution in [-0.4, -0.2) is 17.6 Å². The van der Waals surface area contributed by atoms with E-state index in [0.717, 1.165) is 31.5 Å². The fraction of sp³-hybridized carbons (Fsp3) is 0.500. The van der Waals surface area contributed by atoms with Gasteiger partial charge in [0.1, 0.15) is 0 Å². The SMILES string of the molecule is C=CCCCCCCCC/C=C/CCCNc1cccc(C(=O)O)c1. The minimum absolute atomic E-state index is 0.325. The molecule has 25 heavy (non-hydrogen) atoms. The van der Waals surface area contributed by atoms with Crippen LogP contribution in [0.1, 0.15) is 74.6 Å². The van der Waals surface area contributed by atoms with Crippen LogP contribution in [0.3, 0.4) is 0 Å². The van der Waals surface area contributed by atoms with Crippen molar-refractivity contribution in [1.29, 1.82) is 0 Å². The summed E-state index contributed by atoms with van der Waals surface area (Å²) in [5.74, 6) is -0.886. The van der Waals surface area contributed by atoms with Gasteiger partial charge in [0.15, 0.2) is 0 Å². The van der Waals surface area contributed by atoms with Gasteiger partial charge in [0.2, 0.25) is 0 Å². The van der Waals surface area contributed by atoms with Crippen LogP contribution in [0.25, 0.3) is 0 Å². The van der Waals surface area contributed by atoms with Crippen LogP contribution in [-0.2, 0) is 0 Å². The zero-order chi connectivity index (χ0) is 18.2. The van der Waals surface area contributed by atoms with Crippen molar-refractivity contribution in [2.24, 2.45) is 0 Å². The molecule has 3 nitrogen and oxygen atoms in total. The summed E-state index contributed by atoms with van der Waals surface area (Å²) in [5.41, 5.74) is 1.20. The van der Waals surface area contributed by atoms with Gasteiger partial charge in [0.05, 0.1) is 5.56 Å². The van der Waals surface area contributed by atoms with Gasteiger partial charge in [-0.2, -0.15) is 0 Å². The van der Waals surface area contributed by atoms with Crippen molar-refractivity contribution in [1.82, 2.24) is 0 Å². The van der Waals surface area contributed by atoms with E-state index < -0.39 is 5.97 Å². The molecule has 0 fully saturated rings. The van der Waals surface area contributed by atoms with E-state index in [1.165, 1.54) is 44.9 Å². The molecule has 0 radical (unpaired) electrons. The van der Waals surface area contributed by atoms with Crippen LogP contribution in [0.2, 0.25) is 0 Å². The Kier molecular flexibility index (Phi) is 12.0. The molecule has 1 aromatic rings. The van der Waals surface area contributed by atoms with E-state index in [0.29, 0.717) is 5.56 Å². The Morgan fingerprint density at radius 2 is 1.60 bits per heavy atom. The fourth-order valence-electron chi connectivity index (χ4n) is 2.71. The third-order valence-corrected chi connectivity index (χ3v) is 4.18. The molecule has 3 heteroatoms. The topological polar surface area (TPSA) is 49.3 Å². The summed E-state index contributed by atoms with van der Waals surface area (Å²) in [6.07, 6.45) is 19.0. The Hall–Kier alpha value is -2.03. The van der Waals surface area contributed by atoms with Crippen molar-refractivity contribution < 1.29 is 9.90 Å². The van der Waals surface area contributed by atoms with Gasteiger partial charge in [-0.15, -0.1) is 6.58 Å². The average Bonchev–Trinajstić information content (AvgIpc) is 2.62. The largest absolute Gasteiger partial charge is 0.478 e. The maximum atomic E-state index is 10.9. The molecule has 0 unspecified atom stereocenters. The molecule has 0 bridgehead atoms.